The zero-order valence-corrected chi connectivity index (χ0v) is 19.3. The van der Waals surface area contributed by atoms with Crippen molar-refractivity contribution in [3.63, 3.8) is 0 Å². The van der Waals surface area contributed by atoms with E-state index in [-0.39, 0.29) is 17.4 Å². The van der Waals surface area contributed by atoms with Crippen molar-refractivity contribution in [3.8, 4) is 0 Å². The van der Waals surface area contributed by atoms with Crippen LogP contribution in [-0.4, -0.2) is 26.8 Å². The van der Waals surface area contributed by atoms with E-state index in [0.717, 1.165) is 0 Å². The first-order chi connectivity index (χ1) is 16.3. The third kappa shape index (κ3) is 4.35. The van der Waals surface area contributed by atoms with E-state index in [0.29, 0.717) is 33.8 Å². The van der Waals surface area contributed by atoms with E-state index in [9.17, 15) is 18.0 Å². The molecule has 0 saturated carbocycles. The Morgan fingerprint density at radius 1 is 0.912 bits per heavy atom. The van der Waals surface area contributed by atoms with Crippen LogP contribution < -0.4 is 14.9 Å². The molecule has 3 aromatic carbocycles. The first kappa shape index (κ1) is 23.0. The zero-order valence-electron chi connectivity index (χ0n) is 18.5. The fourth-order valence-corrected chi connectivity index (χ4v) is 5.61. The summed E-state index contributed by atoms with van der Waals surface area (Å²) in [7, 11) is -4.23. The number of rotatable bonds is 6. The molecule has 3 aromatic rings. The second-order valence-electron chi connectivity index (χ2n) is 7.63. The number of sulfonamides is 1. The van der Waals surface area contributed by atoms with Crippen LogP contribution in [0, 0.1) is 0 Å². The average molecular weight is 474 g/mol. The highest BCUT2D eigenvalue weighted by atomic mass is 32.2. The minimum atomic E-state index is -4.23. The van der Waals surface area contributed by atoms with Crippen LogP contribution in [0.1, 0.15) is 18.1 Å². The molecule has 0 fully saturated rings. The lowest BCUT2D eigenvalue weighted by Gasteiger charge is -2.32. The largest absolute Gasteiger partial charge is 0.326 e. The van der Waals surface area contributed by atoms with Gasteiger partial charge in [0.2, 0.25) is 5.91 Å². The normalized spacial score (nSPS) is 14.2. The highest BCUT2D eigenvalue weighted by molar-refractivity contribution is 7.97. The predicted octanol–water partition coefficient (Wildman–Crippen LogP) is 4.38. The summed E-state index contributed by atoms with van der Waals surface area (Å²) < 4.78 is 28.8. The number of benzene rings is 3. The van der Waals surface area contributed by atoms with Gasteiger partial charge in [0.15, 0.2) is 4.91 Å². The summed E-state index contributed by atoms with van der Waals surface area (Å²) in [6.07, 6.45) is 1.48. The van der Waals surface area contributed by atoms with Crippen LogP contribution >= 0.6 is 0 Å². The Morgan fingerprint density at radius 2 is 1.56 bits per heavy atom. The van der Waals surface area contributed by atoms with Gasteiger partial charge in [0.25, 0.3) is 15.9 Å². The molecule has 8 heteroatoms. The second kappa shape index (κ2) is 9.36. The molecule has 2 amide bonds. The van der Waals surface area contributed by atoms with E-state index in [1.165, 1.54) is 17.3 Å². The van der Waals surface area contributed by atoms with Crippen LogP contribution in [0.15, 0.2) is 96.4 Å². The highest BCUT2D eigenvalue weighted by Crippen LogP contribution is 2.42. The summed E-state index contributed by atoms with van der Waals surface area (Å²) >= 11 is 0. The molecule has 2 N–H and O–H groups in total. The number of carbonyl (C=O) groups excluding carboxylic acids is 2. The minimum absolute atomic E-state index is 0.0101. The molecule has 0 saturated heterocycles. The predicted molar refractivity (Wildman–Crippen MR) is 135 cm³/mol. The third-order valence-corrected chi connectivity index (χ3v) is 7.05. The zero-order chi connectivity index (χ0) is 24.3. The van der Waals surface area contributed by atoms with E-state index in [1.807, 2.05) is 6.07 Å². The van der Waals surface area contributed by atoms with Crippen molar-refractivity contribution in [1.29, 1.82) is 0 Å². The number of anilines is 3. The average Bonchev–Trinajstić information content (AvgIpc) is 2.80. The Morgan fingerprint density at radius 3 is 2.24 bits per heavy atom. The second-order valence-corrected chi connectivity index (χ2v) is 9.43. The first-order valence-corrected chi connectivity index (χ1v) is 12.0. The van der Waals surface area contributed by atoms with Crippen molar-refractivity contribution in [3.05, 3.63) is 108 Å². The number of nitrogens with zero attached hydrogens (tertiary/aromatic N) is 1. The number of hydrogen-bond acceptors (Lipinski definition) is 4. The van der Waals surface area contributed by atoms with Gasteiger partial charge in [0.05, 0.1) is 12.2 Å². The highest BCUT2D eigenvalue weighted by Gasteiger charge is 2.40. The van der Waals surface area contributed by atoms with Crippen LogP contribution in [0.25, 0.3) is 5.57 Å². The lowest BCUT2D eigenvalue weighted by atomic mass is 9.95. The fraction of sp³-hybridized carbons (Fsp3) is 0.0769. The smallest absolute Gasteiger partial charge is 0.270 e. The van der Waals surface area contributed by atoms with Crippen molar-refractivity contribution in [2.45, 2.75) is 6.92 Å². The Kier molecular flexibility index (Phi) is 6.34. The molecule has 1 aliphatic heterocycles. The third-order valence-electron chi connectivity index (χ3n) is 5.22. The summed E-state index contributed by atoms with van der Waals surface area (Å²) in [6.45, 7) is 5.07. The number of amides is 2. The van der Waals surface area contributed by atoms with Crippen LogP contribution in [0.2, 0.25) is 0 Å². The molecule has 4 rings (SSSR count). The quantitative estimate of drug-likeness (QED) is 0.520. The van der Waals surface area contributed by atoms with Crippen molar-refractivity contribution in [2.24, 2.45) is 0 Å². The Balaban J connectivity index is 1.90. The topological polar surface area (TPSA) is 95.6 Å². The van der Waals surface area contributed by atoms with Crippen LogP contribution in [0.4, 0.5) is 17.1 Å². The van der Waals surface area contributed by atoms with Gasteiger partial charge in [-0.15, -0.1) is 6.58 Å². The van der Waals surface area contributed by atoms with E-state index >= 15 is 0 Å². The Labute approximate surface area is 198 Å². The van der Waals surface area contributed by atoms with Gasteiger partial charge in [0.1, 0.15) is 0 Å². The fourth-order valence-electron chi connectivity index (χ4n) is 3.90. The maximum Gasteiger partial charge on any atom is 0.270 e. The Hall–Kier alpha value is -4.17. The molecule has 0 unspecified atom stereocenters. The molecule has 172 valence electrons. The summed E-state index contributed by atoms with van der Waals surface area (Å²) in [5.74, 6) is -1.04. The summed E-state index contributed by atoms with van der Waals surface area (Å²) in [4.78, 5) is 24.6. The molecule has 1 heterocycles. The van der Waals surface area contributed by atoms with E-state index in [4.69, 9.17) is 0 Å². The summed E-state index contributed by atoms with van der Waals surface area (Å²) in [5, 5.41) is 5.34. The molecule has 0 aromatic heterocycles. The SMILES string of the molecule is C=CCN1c2ccccc2C(c2ccccc2)=C(C(=O)Nc2cccc(NC(C)=O)c2)S1(=O)=O. The molecule has 7 nitrogen and oxygen atoms in total. The van der Waals surface area contributed by atoms with E-state index < -0.39 is 15.9 Å². The van der Waals surface area contributed by atoms with Crippen molar-refractivity contribution in [1.82, 2.24) is 0 Å². The van der Waals surface area contributed by atoms with Gasteiger partial charge >= 0.3 is 0 Å². The molecule has 0 aliphatic carbocycles. The molecular weight excluding hydrogens is 450 g/mol. The maximum absolute atomic E-state index is 13.8. The van der Waals surface area contributed by atoms with Crippen LogP contribution in [0.3, 0.4) is 0 Å². The number of carbonyl (C=O) groups is 2. The monoisotopic (exact) mass is 473 g/mol. The van der Waals surface area contributed by atoms with Crippen molar-refractivity contribution < 1.29 is 18.0 Å². The lowest BCUT2D eigenvalue weighted by molar-refractivity contribution is -0.114. The Bertz CT molecular complexity index is 1410. The van der Waals surface area contributed by atoms with Gasteiger partial charge in [-0.2, -0.15) is 0 Å². The number of para-hydroxylation sites is 1. The molecular formula is C26H23N3O4S. The van der Waals surface area contributed by atoms with E-state index in [1.54, 1.807) is 72.8 Å². The lowest BCUT2D eigenvalue weighted by Crippen LogP contribution is -2.39. The first-order valence-electron chi connectivity index (χ1n) is 10.5. The number of fused-ring (bicyclic) bond motifs is 1. The standard InChI is InChI=1S/C26H23N3O4S/c1-3-16-29-23-15-8-7-14-22(23)24(19-10-5-4-6-11-19)25(34(29,32)33)26(31)28-21-13-9-12-20(17-21)27-18(2)30/h3-15,17H,1,16H2,2H3,(H,27,30)(H,28,31). The summed E-state index contributed by atoms with van der Waals surface area (Å²) in [5.41, 5.74) is 2.86. The molecule has 1 aliphatic rings. The van der Waals surface area contributed by atoms with Gasteiger partial charge in [-0.25, -0.2) is 8.42 Å². The number of hydrogen-bond donors (Lipinski definition) is 2. The van der Waals surface area contributed by atoms with Gasteiger partial charge in [-0.1, -0.05) is 60.7 Å². The molecule has 34 heavy (non-hydrogen) atoms. The van der Waals surface area contributed by atoms with Crippen molar-refractivity contribution >= 4 is 44.5 Å². The van der Waals surface area contributed by atoms with Gasteiger partial charge in [-0.05, 0) is 29.8 Å². The van der Waals surface area contributed by atoms with Crippen LogP contribution in [0.5, 0.6) is 0 Å². The minimum Gasteiger partial charge on any atom is -0.326 e. The van der Waals surface area contributed by atoms with Crippen LogP contribution in [-0.2, 0) is 19.6 Å². The molecule has 0 radical (unpaired) electrons. The summed E-state index contributed by atoms with van der Waals surface area (Å²) in [6, 6.07) is 22.5. The molecule has 0 spiro atoms. The van der Waals surface area contributed by atoms with Crippen molar-refractivity contribution in [2.75, 3.05) is 21.5 Å². The van der Waals surface area contributed by atoms with Gasteiger partial charge in [0, 0.05) is 29.4 Å². The number of nitrogens with one attached hydrogen (secondary N) is 2. The molecule has 0 atom stereocenters. The van der Waals surface area contributed by atoms with Gasteiger partial charge < -0.3 is 10.6 Å². The van der Waals surface area contributed by atoms with E-state index in [2.05, 4.69) is 17.2 Å². The maximum atomic E-state index is 13.8. The molecule has 0 bridgehead atoms. The van der Waals surface area contributed by atoms with Gasteiger partial charge in [-0.3, -0.25) is 13.9 Å².